The standard InChI is InChI=1S/C12H17F2N5O5/c13-12(14)9(21)6(4-23-5-17-8(20)3-15)24-10(12)19-2-1-7(16)18-11(19)22/h1-2,6,9-10,21H,3-5,15H2,(H,17,20)(H2,16,18,22)/t6-,9-,10-/m1/s1. The van der Waals surface area contributed by atoms with Crippen LogP contribution in [0.1, 0.15) is 6.23 Å². The van der Waals surface area contributed by atoms with E-state index in [2.05, 4.69) is 10.3 Å². The molecule has 0 bridgehead atoms. The Morgan fingerprint density at radius 3 is 2.92 bits per heavy atom. The Kier molecular flexibility index (Phi) is 5.43. The minimum absolute atomic E-state index is 0.131. The number of aliphatic hydroxyl groups excluding tert-OH is 1. The predicted octanol–water partition coefficient (Wildman–Crippen LogP) is -2.23. The van der Waals surface area contributed by atoms with Gasteiger partial charge in [0.05, 0.1) is 13.2 Å². The van der Waals surface area contributed by atoms with Gasteiger partial charge in [0.25, 0.3) is 0 Å². The van der Waals surface area contributed by atoms with Crippen molar-refractivity contribution in [1.29, 1.82) is 0 Å². The van der Waals surface area contributed by atoms with Gasteiger partial charge in [0.1, 0.15) is 18.7 Å². The van der Waals surface area contributed by atoms with Crippen molar-refractivity contribution in [2.45, 2.75) is 24.4 Å². The normalized spacial score (nSPS) is 25.6. The van der Waals surface area contributed by atoms with E-state index >= 15 is 0 Å². The third kappa shape index (κ3) is 3.67. The Morgan fingerprint density at radius 2 is 2.29 bits per heavy atom. The van der Waals surface area contributed by atoms with Crippen LogP contribution in [0.25, 0.3) is 0 Å². The number of hydrogen-bond acceptors (Lipinski definition) is 8. The number of nitrogens with two attached hydrogens (primary N) is 2. The molecule has 1 aliphatic heterocycles. The second kappa shape index (κ2) is 7.17. The second-order valence-electron chi connectivity index (χ2n) is 5.01. The molecule has 0 unspecified atom stereocenters. The molecule has 6 N–H and O–H groups in total. The summed E-state index contributed by atoms with van der Waals surface area (Å²) in [5.74, 6) is -4.38. The van der Waals surface area contributed by atoms with Crippen LogP contribution in [-0.2, 0) is 14.3 Å². The minimum atomic E-state index is -3.75. The maximum atomic E-state index is 14.2. The van der Waals surface area contributed by atoms with E-state index in [1.54, 1.807) is 0 Å². The smallest absolute Gasteiger partial charge is 0.351 e. The number of nitrogen functional groups attached to an aromatic ring is 1. The number of anilines is 1. The number of aromatic nitrogens is 2. The lowest BCUT2D eigenvalue weighted by atomic mass is 10.1. The third-order valence-electron chi connectivity index (χ3n) is 3.32. The molecule has 1 saturated heterocycles. The van der Waals surface area contributed by atoms with Crippen LogP contribution in [-0.4, -0.2) is 58.6 Å². The molecule has 1 amide bonds. The Hall–Kier alpha value is -2.15. The SMILES string of the molecule is NCC(=O)NCOC[C@H]1O[C@@H](n2ccc(N)nc2=O)C(F)(F)[C@@H]1O. The first kappa shape index (κ1) is 18.2. The van der Waals surface area contributed by atoms with Crippen molar-refractivity contribution < 1.29 is 28.2 Å². The monoisotopic (exact) mass is 349 g/mol. The van der Waals surface area contributed by atoms with Crippen molar-refractivity contribution in [3.63, 3.8) is 0 Å². The molecular weight excluding hydrogens is 332 g/mol. The molecule has 0 radical (unpaired) electrons. The summed E-state index contributed by atoms with van der Waals surface area (Å²) >= 11 is 0. The molecular formula is C12H17F2N5O5. The van der Waals surface area contributed by atoms with Crippen molar-refractivity contribution in [1.82, 2.24) is 14.9 Å². The highest BCUT2D eigenvalue weighted by atomic mass is 19.3. The Balaban J connectivity index is 2.04. The van der Waals surface area contributed by atoms with Crippen LogP contribution in [0, 0.1) is 0 Å². The van der Waals surface area contributed by atoms with Crippen LogP contribution >= 0.6 is 0 Å². The van der Waals surface area contributed by atoms with Gasteiger partial charge >= 0.3 is 11.6 Å². The zero-order chi connectivity index (χ0) is 17.9. The molecule has 12 heteroatoms. The number of hydrogen-bond donors (Lipinski definition) is 4. The van der Waals surface area contributed by atoms with Crippen molar-refractivity contribution in [2.75, 3.05) is 25.6 Å². The molecule has 1 aliphatic rings. The summed E-state index contributed by atoms with van der Waals surface area (Å²) in [6, 6.07) is 1.15. The molecule has 10 nitrogen and oxygen atoms in total. The third-order valence-corrected chi connectivity index (χ3v) is 3.32. The highest BCUT2D eigenvalue weighted by Crippen LogP contribution is 2.42. The number of carbonyl (C=O) groups excluding carboxylic acids is 1. The highest BCUT2D eigenvalue weighted by Gasteiger charge is 2.59. The number of rotatable bonds is 6. The molecule has 0 aromatic carbocycles. The fourth-order valence-corrected chi connectivity index (χ4v) is 2.09. The number of carbonyl (C=O) groups is 1. The van der Waals surface area contributed by atoms with Gasteiger partial charge in [-0.05, 0) is 6.07 Å². The summed E-state index contributed by atoms with van der Waals surface area (Å²) < 4.78 is 38.9. The summed E-state index contributed by atoms with van der Waals surface area (Å²) in [5.41, 5.74) is 9.32. The summed E-state index contributed by atoms with van der Waals surface area (Å²) in [5, 5.41) is 12.0. The number of amides is 1. The molecule has 0 saturated carbocycles. The molecule has 1 fully saturated rings. The van der Waals surface area contributed by atoms with Gasteiger partial charge in [-0.1, -0.05) is 0 Å². The van der Waals surface area contributed by atoms with Gasteiger partial charge < -0.3 is 31.4 Å². The van der Waals surface area contributed by atoms with E-state index in [-0.39, 0.29) is 19.1 Å². The van der Waals surface area contributed by atoms with Gasteiger partial charge in [0.2, 0.25) is 12.1 Å². The molecule has 0 aliphatic carbocycles. The minimum Gasteiger partial charge on any atom is -0.384 e. The van der Waals surface area contributed by atoms with Crippen molar-refractivity contribution in [3.05, 3.63) is 22.7 Å². The summed E-state index contributed by atoms with van der Waals surface area (Å²) in [4.78, 5) is 25.9. The Bertz CT molecular complexity index is 655. The summed E-state index contributed by atoms with van der Waals surface area (Å²) in [7, 11) is 0. The molecule has 24 heavy (non-hydrogen) atoms. The first-order valence-corrected chi connectivity index (χ1v) is 6.88. The predicted molar refractivity (Wildman–Crippen MR) is 75.8 cm³/mol. The van der Waals surface area contributed by atoms with Crippen molar-refractivity contribution >= 4 is 11.7 Å². The average molecular weight is 349 g/mol. The van der Waals surface area contributed by atoms with E-state index in [9.17, 15) is 23.5 Å². The zero-order valence-corrected chi connectivity index (χ0v) is 12.4. The summed E-state index contributed by atoms with van der Waals surface area (Å²) in [6.07, 6.45) is -4.68. The topological polar surface area (TPSA) is 155 Å². The number of ether oxygens (including phenoxy) is 2. The number of halogens is 2. The highest BCUT2D eigenvalue weighted by molar-refractivity contribution is 5.77. The molecule has 3 atom stereocenters. The van der Waals surface area contributed by atoms with Gasteiger partial charge in [0.15, 0.2) is 6.10 Å². The number of nitrogens with zero attached hydrogens (tertiary/aromatic N) is 2. The lowest BCUT2D eigenvalue weighted by Crippen LogP contribution is -2.42. The van der Waals surface area contributed by atoms with E-state index in [0.29, 0.717) is 4.57 Å². The Morgan fingerprint density at radius 1 is 1.58 bits per heavy atom. The molecule has 2 heterocycles. The Labute approximate surface area is 134 Å². The van der Waals surface area contributed by atoms with Gasteiger partial charge in [0, 0.05) is 6.20 Å². The van der Waals surface area contributed by atoms with Crippen LogP contribution in [0.3, 0.4) is 0 Å². The van der Waals surface area contributed by atoms with Crippen molar-refractivity contribution in [3.8, 4) is 0 Å². The summed E-state index contributed by atoms with van der Waals surface area (Å²) in [6.45, 7) is -0.976. The van der Waals surface area contributed by atoms with E-state index in [0.717, 1.165) is 12.3 Å². The van der Waals surface area contributed by atoms with Crippen LogP contribution in [0.2, 0.25) is 0 Å². The van der Waals surface area contributed by atoms with Crippen LogP contribution in [0.5, 0.6) is 0 Å². The van der Waals surface area contributed by atoms with Crippen molar-refractivity contribution in [2.24, 2.45) is 5.73 Å². The van der Waals surface area contributed by atoms with Gasteiger partial charge in [-0.2, -0.15) is 13.8 Å². The quantitative estimate of drug-likeness (QED) is 0.332. The van der Waals surface area contributed by atoms with Gasteiger partial charge in [-0.25, -0.2) is 4.79 Å². The maximum Gasteiger partial charge on any atom is 0.351 e. The lowest BCUT2D eigenvalue weighted by molar-refractivity contribution is -0.141. The fraction of sp³-hybridized carbons (Fsp3) is 0.583. The number of aliphatic hydroxyl groups is 1. The second-order valence-corrected chi connectivity index (χ2v) is 5.01. The number of alkyl halides is 2. The average Bonchev–Trinajstić information content (AvgIpc) is 2.75. The molecule has 0 spiro atoms. The molecule has 2 rings (SSSR count). The van der Waals surface area contributed by atoms with Crippen LogP contribution < -0.4 is 22.5 Å². The van der Waals surface area contributed by atoms with Gasteiger partial charge in [-0.3, -0.25) is 9.36 Å². The largest absolute Gasteiger partial charge is 0.384 e. The maximum absolute atomic E-state index is 14.2. The van der Waals surface area contributed by atoms with Crippen LogP contribution in [0.4, 0.5) is 14.6 Å². The van der Waals surface area contributed by atoms with Crippen LogP contribution in [0.15, 0.2) is 17.1 Å². The molecule has 1 aromatic heterocycles. The zero-order valence-electron chi connectivity index (χ0n) is 12.4. The fourth-order valence-electron chi connectivity index (χ4n) is 2.09. The first-order valence-electron chi connectivity index (χ1n) is 6.88. The molecule has 134 valence electrons. The van der Waals surface area contributed by atoms with E-state index in [1.807, 2.05) is 0 Å². The lowest BCUT2D eigenvalue weighted by Gasteiger charge is -2.20. The molecule has 1 aromatic rings. The first-order chi connectivity index (χ1) is 11.3. The number of nitrogens with one attached hydrogen (secondary N) is 1. The van der Waals surface area contributed by atoms with Gasteiger partial charge in [-0.15, -0.1) is 0 Å². The van der Waals surface area contributed by atoms with E-state index in [4.69, 9.17) is 20.9 Å². The van der Waals surface area contributed by atoms with E-state index in [1.165, 1.54) is 0 Å². The van der Waals surface area contributed by atoms with E-state index < -0.39 is 42.6 Å².